The molecule has 0 atom stereocenters. The van der Waals surface area contributed by atoms with E-state index in [4.69, 9.17) is 23.2 Å². The Labute approximate surface area is 192 Å². The van der Waals surface area contributed by atoms with Crippen LogP contribution in [0.15, 0.2) is 90.3 Å². The molecule has 0 aliphatic carbocycles. The number of nitrogens with one attached hydrogen (secondary N) is 1. The summed E-state index contributed by atoms with van der Waals surface area (Å²) in [6.07, 6.45) is 1.47. The van der Waals surface area contributed by atoms with Crippen molar-refractivity contribution in [3.05, 3.63) is 107 Å². The van der Waals surface area contributed by atoms with E-state index in [2.05, 4.69) is 11.9 Å². The lowest BCUT2D eigenvalue weighted by molar-refractivity contribution is 0.0950. The summed E-state index contributed by atoms with van der Waals surface area (Å²) in [6.45, 7) is 3.98. The minimum atomic E-state index is -4.08. The minimum absolute atomic E-state index is 0.0163. The SMILES string of the molecule is C=CCN(c1ccc(Cl)cc1)S(=O)(=O)c1cc(C(=O)NCc2ccccc2)ccc1Cl. The quantitative estimate of drug-likeness (QED) is 0.450. The zero-order chi connectivity index (χ0) is 22.4. The van der Waals surface area contributed by atoms with Crippen LogP contribution < -0.4 is 9.62 Å². The van der Waals surface area contributed by atoms with Gasteiger partial charge in [0.25, 0.3) is 15.9 Å². The van der Waals surface area contributed by atoms with Crippen LogP contribution in [0.3, 0.4) is 0 Å². The normalized spacial score (nSPS) is 11.0. The Balaban J connectivity index is 1.92. The van der Waals surface area contributed by atoms with E-state index in [1.54, 1.807) is 24.3 Å². The van der Waals surface area contributed by atoms with E-state index in [9.17, 15) is 13.2 Å². The van der Waals surface area contributed by atoms with Gasteiger partial charge in [0.05, 0.1) is 17.3 Å². The van der Waals surface area contributed by atoms with Crippen molar-refractivity contribution in [1.82, 2.24) is 5.32 Å². The summed E-state index contributed by atoms with van der Waals surface area (Å²) in [6, 6.07) is 20.0. The van der Waals surface area contributed by atoms with Crippen molar-refractivity contribution in [3.8, 4) is 0 Å². The van der Waals surface area contributed by atoms with E-state index >= 15 is 0 Å². The number of carbonyl (C=O) groups excluding carboxylic acids is 1. The lowest BCUT2D eigenvalue weighted by atomic mass is 10.2. The van der Waals surface area contributed by atoms with Gasteiger partial charge in [0.1, 0.15) is 4.90 Å². The van der Waals surface area contributed by atoms with E-state index in [1.165, 1.54) is 24.3 Å². The fourth-order valence-electron chi connectivity index (χ4n) is 2.91. The Kier molecular flexibility index (Phi) is 7.38. The van der Waals surface area contributed by atoms with E-state index in [0.717, 1.165) is 9.87 Å². The van der Waals surface area contributed by atoms with E-state index in [-0.39, 0.29) is 22.0 Å². The van der Waals surface area contributed by atoms with Gasteiger partial charge in [0.2, 0.25) is 0 Å². The highest BCUT2D eigenvalue weighted by Gasteiger charge is 2.27. The third-order valence-electron chi connectivity index (χ3n) is 4.47. The van der Waals surface area contributed by atoms with Crippen molar-refractivity contribution in [2.45, 2.75) is 11.4 Å². The molecule has 0 aliphatic rings. The smallest absolute Gasteiger partial charge is 0.266 e. The molecule has 0 unspecified atom stereocenters. The second kappa shape index (κ2) is 10.0. The maximum absolute atomic E-state index is 13.4. The monoisotopic (exact) mass is 474 g/mol. The molecule has 0 bridgehead atoms. The molecule has 0 aromatic heterocycles. The molecule has 0 radical (unpaired) electrons. The van der Waals surface area contributed by atoms with Crippen molar-refractivity contribution in [2.24, 2.45) is 0 Å². The van der Waals surface area contributed by atoms with Crippen LogP contribution in [0.25, 0.3) is 0 Å². The third kappa shape index (κ3) is 5.47. The van der Waals surface area contributed by atoms with Crippen molar-refractivity contribution >= 4 is 44.8 Å². The highest BCUT2D eigenvalue weighted by molar-refractivity contribution is 7.93. The molecule has 0 spiro atoms. The average Bonchev–Trinajstić information content (AvgIpc) is 2.77. The fraction of sp³-hybridized carbons (Fsp3) is 0.0870. The van der Waals surface area contributed by atoms with Crippen LogP contribution in [0.1, 0.15) is 15.9 Å². The van der Waals surface area contributed by atoms with Crippen molar-refractivity contribution in [2.75, 3.05) is 10.8 Å². The number of benzene rings is 3. The van der Waals surface area contributed by atoms with E-state index in [0.29, 0.717) is 17.3 Å². The molecule has 0 heterocycles. The minimum Gasteiger partial charge on any atom is -0.348 e. The Morgan fingerprint density at radius 2 is 1.68 bits per heavy atom. The molecule has 3 aromatic rings. The van der Waals surface area contributed by atoms with Gasteiger partial charge in [-0.05, 0) is 48.0 Å². The number of carbonyl (C=O) groups is 1. The van der Waals surface area contributed by atoms with Crippen LogP contribution in [0, 0.1) is 0 Å². The lowest BCUT2D eigenvalue weighted by Gasteiger charge is -2.24. The van der Waals surface area contributed by atoms with E-state index < -0.39 is 15.9 Å². The number of sulfonamides is 1. The first-order valence-electron chi connectivity index (χ1n) is 9.34. The molecule has 3 rings (SSSR count). The number of amides is 1. The maximum atomic E-state index is 13.4. The Bertz CT molecular complexity index is 1180. The average molecular weight is 475 g/mol. The second-order valence-corrected chi connectivity index (χ2v) is 9.29. The maximum Gasteiger partial charge on any atom is 0.266 e. The molecule has 3 aromatic carbocycles. The number of rotatable bonds is 8. The van der Waals surface area contributed by atoms with Crippen LogP contribution in [0.2, 0.25) is 10.0 Å². The van der Waals surface area contributed by atoms with Crippen molar-refractivity contribution < 1.29 is 13.2 Å². The highest BCUT2D eigenvalue weighted by Crippen LogP contribution is 2.30. The van der Waals surface area contributed by atoms with E-state index in [1.807, 2.05) is 30.3 Å². The lowest BCUT2D eigenvalue weighted by Crippen LogP contribution is -2.31. The number of anilines is 1. The fourth-order valence-corrected chi connectivity index (χ4v) is 4.97. The molecule has 31 heavy (non-hydrogen) atoms. The van der Waals surface area contributed by atoms with Gasteiger partial charge in [-0.25, -0.2) is 8.42 Å². The largest absolute Gasteiger partial charge is 0.348 e. The zero-order valence-electron chi connectivity index (χ0n) is 16.5. The molecule has 0 fully saturated rings. The summed E-state index contributed by atoms with van der Waals surface area (Å²) in [7, 11) is -4.08. The van der Waals surface area contributed by atoms with Crippen molar-refractivity contribution in [3.63, 3.8) is 0 Å². The van der Waals surface area contributed by atoms with Crippen LogP contribution in [-0.4, -0.2) is 20.9 Å². The van der Waals surface area contributed by atoms with Crippen LogP contribution in [0.4, 0.5) is 5.69 Å². The summed E-state index contributed by atoms with van der Waals surface area (Å²) in [5, 5.41) is 3.28. The third-order valence-corrected chi connectivity index (χ3v) is 6.99. The van der Waals surface area contributed by atoms with Crippen LogP contribution in [-0.2, 0) is 16.6 Å². The number of nitrogens with zero attached hydrogens (tertiary/aromatic N) is 1. The highest BCUT2D eigenvalue weighted by atomic mass is 35.5. The predicted octanol–water partition coefficient (Wildman–Crippen LogP) is 5.30. The number of hydrogen-bond donors (Lipinski definition) is 1. The van der Waals surface area contributed by atoms with Gasteiger partial charge in [-0.2, -0.15) is 0 Å². The zero-order valence-corrected chi connectivity index (χ0v) is 18.8. The van der Waals surface area contributed by atoms with Gasteiger partial charge in [-0.1, -0.05) is 59.6 Å². The standard InChI is InChI=1S/C23H20Cl2N2O3S/c1-2-14-27(20-11-9-19(24)10-12-20)31(29,30)22-15-18(8-13-21(22)25)23(28)26-16-17-6-4-3-5-7-17/h2-13,15H,1,14,16H2,(H,26,28). The Morgan fingerprint density at radius 3 is 2.32 bits per heavy atom. The number of halogens is 2. The van der Waals surface area contributed by atoms with Gasteiger partial charge < -0.3 is 5.32 Å². The molecule has 0 saturated heterocycles. The predicted molar refractivity (Wildman–Crippen MR) is 125 cm³/mol. The molecule has 0 aliphatic heterocycles. The molecule has 5 nitrogen and oxygen atoms in total. The first-order chi connectivity index (χ1) is 14.8. The summed E-state index contributed by atoms with van der Waals surface area (Å²) < 4.78 is 28.0. The molecule has 0 saturated carbocycles. The van der Waals surface area contributed by atoms with Gasteiger partial charge in [0.15, 0.2) is 0 Å². The van der Waals surface area contributed by atoms with Crippen LogP contribution in [0.5, 0.6) is 0 Å². The Morgan fingerprint density at radius 1 is 1.00 bits per heavy atom. The van der Waals surface area contributed by atoms with Crippen molar-refractivity contribution in [1.29, 1.82) is 0 Å². The number of hydrogen-bond acceptors (Lipinski definition) is 3. The molecular formula is C23H20Cl2N2O3S. The second-order valence-electron chi connectivity index (χ2n) is 6.61. The Hall–Kier alpha value is -2.80. The first-order valence-corrected chi connectivity index (χ1v) is 11.5. The topological polar surface area (TPSA) is 66.5 Å². The molecule has 1 N–H and O–H groups in total. The van der Waals surface area contributed by atoms with Gasteiger partial charge in [0, 0.05) is 17.1 Å². The van der Waals surface area contributed by atoms with Gasteiger partial charge in [-0.15, -0.1) is 6.58 Å². The van der Waals surface area contributed by atoms with Gasteiger partial charge in [-0.3, -0.25) is 9.10 Å². The first kappa shape index (κ1) is 22.9. The van der Waals surface area contributed by atoms with Gasteiger partial charge >= 0.3 is 0 Å². The summed E-state index contributed by atoms with van der Waals surface area (Å²) in [5.41, 5.74) is 1.52. The summed E-state index contributed by atoms with van der Waals surface area (Å²) in [5.74, 6) is -0.404. The molecular weight excluding hydrogens is 455 g/mol. The summed E-state index contributed by atoms with van der Waals surface area (Å²) >= 11 is 12.2. The molecule has 160 valence electrons. The molecule has 1 amide bonds. The van der Waals surface area contributed by atoms with Crippen LogP contribution >= 0.6 is 23.2 Å². The summed E-state index contributed by atoms with van der Waals surface area (Å²) in [4.78, 5) is 12.4. The molecule has 8 heteroatoms.